The molecule has 0 spiro atoms. The fourth-order valence-corrected chi connectivity index (χ4v) is 3.19. The summed E-state index contributed by atoms with van der Waals surface area (Å²) in [6, 6.07) is 0.0124. The van der Waals surface area contributed by atoms with Gasteiger partial charge in [0.1, 0.15) is 0 Å². The number of aliphatic hydroxyl groups excluding tert-OH is 1. The maximum Gasteiger partial charge on any atom is 0.220 e. The lowest BCUT2D eigenvalue weighted by molar-refractivity contribution is -0.125. The molecular formula is C16H32N2O2. The molecule has 0 aromatic carbocycles. The van der Waals surface area contributed by atoms with Crippen molar-refractivity contribution >= 4 is 5.91 Å². The number of rotatable bonds is 6. The van der Waals surface area contributed by atoms with E-state index in [0.29, 0.717) is 19.4 Å². The van der Waals surface area contributed by atoms with E-state index in [4.69, 9.17) is 10.8 Å². The fourth-order valence-electron chi connectivity index (χ4n) is 3.19. The number of hydrogen-bond donors (Lipinski definition) is 3. The summed E-state index contributed by atoms with van der Waals surface area (Å²) in [7, 11) is 0. The normalized spacial score (nSPS) is 20.4. The highest BCUT2D eigenvalue weighted by Gasteiger charge is 2.34. The van der Waals surface area contributed by atoms with Gasteiger partial charge in [0.15, 0.2) is 0 Å². The minimum absolute atomic E-state index is 0.00395. The molecule has 0 aromatic rings. The van der Waals surface area contributed by atoms with Gasteiger partial charge in [-0.1, -0.05) is 40.0 Å². The van der Waals surface area contributed by atoms with Crippen molar-refractivity contribution in [2.45, 2.75) is 71.8 Å². The summed E-state index contributed by atoms with van der Waals surface area (Å²) in [5, 5.41) is 12.3. The quantitative estimate of drug-likeness (QED) is 0.700. The third-order valence-corrected chi connectivity index (χ3v) is 4.68. The minimum atomic E-state index is -0.0408. The zero-order chi connectivity index (χ0) is 15.2. The van der Waals surface area contributed by atoms with E-state index in [-0.39, 0.29) is 29.4 Å². The van der Waals surface area contributed by atoms with Crippen LogP contribution in [0.25, 0.3) is 0 Å². The summed E-state index contributed by atoms with van der Waals surface area (Å²) in [5.41, 5.74) is 5.90. The second-order valence-corrected chi connectivity index (χ2v) is 7.44. The zero-order valence-corrected chi connectivity index (χ0v) is 13.4. The molecule has 1 fully saturated rings. The summed E-state index contributed by atoms with van der Waals surface area (Å²) in [5.74, 6) is 0.0886. The third kappa shape index (κ3) is 5.06. The number of aliphatic hydroxyl groups is 1. The Kier molecular flexibility index (Phi) is 6.46. The summed E-state index contributed by atoms with van der Waals surface area (Å²) >= 11 is 0. The first kappa shape index (κ1) is 17.4. The van der Waals surface area contributed by atoms with Crippen molar-refractivity contribution in [3.05, 3.63) is 0 Å². The first-order chi connectivity index (χ1) is 9.33. The molecule has 118 valence electrons. The van der Waals surface area contributed by atoms with E-state index in [1.54, 1.807) is 0 Å². The molecule has 0 bridgehead atoms. The Morgan fingerprint density at radius 2 is 1.90 bits per heavy atom. The molecular weight excluding hydrogens is 252 g/mol. The topological polar surface area (TPSA) is 75.3 Å². The van der Waals surface area contributed by atoms with Crippen LogP contribution in [0.4, 0.5) is 0 Å². The summed E-state index contributed by atoms with van der Waals surface area (Å²) in [4.78, 5) is 12.4. The van der Waals surface area contributed by atoms with Gasteiger partial charge in [0.2, 0.25) is 5.91 Å². The van der Waals surface area contributed by atoms with Gasteiger partial charge in [0.05, 0.1) is 0 Å². The van der Waals surface area contributed by atoms with Crippen molar-refractivity contribution in [3.63, 3.8) is 0 Å². The standard InChI is InChI=1S/C16H32N2O2/c1-15(2,3)13(7-10-19)18-14(20)11-16(12-17)8-5-4-6-9-16/h13,19H,4-12,17H2,1-3H3,(H,18,20). The number of amides is 1. The summed E-state index contributed by atoms with van der Waals surface area (Å²) in [6.07, 6.45) is 6.90. The predicted octanol–water partition coefficient (Wildman–Crippen LogP) is 2.20. The smallest absolute Gasteiger partial charge is 0.220 e. The molecule has 0 aromatic heterocycles. The Morgan fingerprint density at radius 1 is 1.30 bits per heavy atom. The first-order valence-electron chi connectivity index (χ1n) is 7.93. The van der Waals surface area contributed by atoms with Crippen LogP contribution < -0.4 is 11.1 Å². The second kappa shape index (κ2) is 7.41. The SMILES string of the molecule is CC(C)(C)C(CCO)NC(=O)CC1(CN)CCCCC1. The van der Waals surface area contributed by atoms with Crippen LogP contribution in [0.15, 0.2) is 0 Å². The van der Waals surface area contributed by atoms with E-state index < -0.39 is 0 Å². The Bertz CT molecular complexity index is 304. The molecule has 1 amide bonds. The van der Waals surface area contributed by atoms with E-state index >= 15 is 0 Å². The molecule has 0 radical (unpaired) electrons. The molecule has 1 aliphatic rings. The van der Waals surface area contributed by atoms with Gasteiger partial charge in [0.25, 0.3) is 0 Å². The van der Waals surface area contributed by atoms with Crippen molar-refractivity contribution in [2.75, 3.05) is 13.2 Å². The van der Waals surface area contributed by atoms with Gasteiger partial charge >= 0.3 is 0 Å². The summed E-state index contributed by atoms with van der Waals surface area (Å²) < 4.78 is 0. The van der Waals surface area contributed by atoms with Gasteiger partial charge < -0.3 is 16.2 Å². The van der Waals surface area contributed by atoms with Crippen molar-refractivity contribution in [1.29, 1.82) is 0 Å². The van der Waals surface area contributed by atoms with Gasteiger partial charge in [-0.3, -0.25) is 4.79 Å². The average molecular weight is 284 g/mol. The second-order valence-electron chi connectivity index (χ2n) is 7.44. The maximum atomic E-state index is 12.4. The molecule has 4 nitrogen and oxygen atoms in total. The van der Waals surface area contributed by atoms with Crippen LogP contribution in [0.5, 0.6) is 0 Å². The van der Waals surface area contributed by atoms with Crippen LogP contribution in [0, 0.1) is 10.8 Å². The molecule has 1 saturated carbocycles. The van der Waals surface area contributed by atoms with Crippen molar-refractivity contribution in [1.82, 2.24) is 5.32 Å². The average Bonchev–Trinajstić information content (AvgIpc) is 2.38. The largest absolute Gasteiger partial charge is 0.396 e. The molecule has 4 N–H and O–H groups in total. The number of hydrogen-bond acceptors (Lipinski definition) is 3. The third-order valence-electron chi connectivity index (χ3n) is 4.68. The summed E-state index contributed by atoms with van der Waals surface area (Å²) in [6.45, 7) is 6.97. The Balaban J connectivity index is 2.60. The van der Waals surface area contributed by atoms with E-state index in [1.165, 1.54) is 19.3 Å². The van der Waals surface area contributed by atoms with Crippen LogP contribution in [-0.2, 0) is 4.79 Å². The monoisotopic (exact) mass is 284 g/mol. The van der Waals surface area contributed by atoms with Crippen molar-refractivity contribution < 1.29 is 9.90 Å². The molecule has 0 aliphatic heterocycles. The fraction of sp³-hybridized carbons (Fsp3) is 0.938. The molecule has 1 rings (SSSR count). The highest BCUT2D eigenvalue weighted by molar-refractivity contribution is 5.77. The zero-order valence-electron chi connectivity index (χ0n) is 13.4. The van der Waals surface area contributed by atoms with E-state index in [2.05, 4.69) is 26.1 Å². The highest BCUT2D eigenvalue weighted by atomic mass is 16.3. The van der Waals surface area contributed by atoms with Gasteiger partial charge in [-0.2, -0.15) is 0 Å². The van der Waals surface area contributed by atoms with Crippen LogP contribution in [0.3, 0.4) is 0 Å². The van der Waals surface area contributed by atoms with Gasteiger partial charge in [-0.25, -0.2) is 0 Å². The lowest BCUT2D eigenvalue weighted by Gasteiger charge is -2.37. The lowest BCUT2D eigenvalue weighted by Crippen LogP contribution is -2.47. The van der Waals surface area contributed by atoms with Crippen LogP contribution >= 0.6 is 0 Å². The van der Waals surface area contributed by atoms with Crippen molar-refractivity contribution in [2.24, 2.45) is 16.6 Å². The number of nitrogens with two attached hydrogens (primary N) is 1. The lowest BCUT2D eigenvalue weighted by atomic mass is 9.71. The molecule has 0 saturated heterocycles. The van der Waals surface area contributed by atoms with Crippen molar-refractivity contribution in [3.8, 4) is 0 Å². The van der Waals surface area contributed by atoms with Crippen LogP contribution in [-0.4, -0.2) is 30.2 Å². The molecule has 4 heteroatoms. The number of carbonyl (C=O) groups excluding carboxylic acids is 1. The minimum Gasteiger partial charge on any atom is -0.396 e. The van der Waals surface area contributed by atoms with Gasteiger partial charge in [0, 0.05) is 19.1 Å². The highest BCUT2D eigenvalue weighted by Crippen LogP contribution is 2.38. The molecule has 1 aliphatic carbocycles. The predicted molar refractivity (Wildman–Crippen MR) is 82.3 cm³/mol. The van der Waals surface area contributed by atoms with Crippen LogP contribution in [0.1, 0.15) is 65.7 Å². The molecule has 1 unspecified atom stereocenters. The van der Waals surface area contributed by atoms with Crippen LogP contribution in [0.2, 0.25) is 0 Å². The van der Waals surface area contributed by atoms with Gasteiger partial charge in [-0.15, -0.1) is 0 Å². The van der Waals surface area contributed by atoms with E-state index in [0.717, 1.165) is 12.8 Å². The Labute approximate surface area is 123 Å². The Morgan fingerprint density at radius 3 is 2.35 bits per heavy atom. The van der Waals surface area contributed by atoms with Gasteiger partial charge in [-0.05, 0) is 36.6 Å². The maximum absolute atomic E-state index is 12.4. The molecule has 1 atom stereocenters. The van der Waals surface area contributed by atoms with E-state index in [9.17, 15) is 4.79 Å². The Hall–Kier alpha value is -0.610. The number of nitrogens with one attached hydrogen (secondary N) is 1. The first-order valence-corrected chi connectivity index (χ1v) is 7.93. The molecule has 0 heterocycles. The molecule has 20 heavy (non-hydrogen) atoms. The van der Waals surface area contributed by atoms with E-state index in [1.807, 2.05) is 0 Å². The number of carbonyl (C=O) groups is 1.